The van der Waals surface area contributed by atoms with Crippen LogP contribution < -0.4 is 0 Å². The standard InChI is InChI=1S/C19H18F4N2O.C2H2O4/c20-17-4-2-1-3-16(17)18(26)25-11-9-24(10-12-25)13-14-5-7-15(8-6-14)19(21,22)23;3-1(4)2(5)6/h1-8H,9-13H2;(H,3,4)(H,5,6). The summed E-state index contributed by atoms with van der Waals surface area (Å²) in [6.07, 6.45) is -4.34. The molecule has 0 atom stereocenters. The first kappa shape index (κ1) is 24.8. The molecule has 172 valence electrons. The number of aliphatic carboxylic acids is 2. The van der Waals surface area contributed by atoms with Gasteiger partial charge in [0, 0.05) is 32.7 Å². The average Bonchev–Trinajstić information content (AvgIpc) is 2.74. The average molecular weight is 456 g/mol. The number of carbonyl (C=O) groups is 3. The Labute approximate surface area is 180 Å². The predicted molar refractivity (Wildman–Crippen MR) is 104 cm³/mol. The summed E-state index contributed by atoms with van der Waals surface area (Å²) in [6.45, 7) is 2.59. The van der Waals surface area contributed by atoms with Crippen LogP contribution >= 0.6 is 0 Å². The lowest BCUT2D eigenvalue weighted by Crippen LogP contribution is -2.48. The monoisotopic (exact) mass is 456 g/mol. The number of nitrogens with zero attached hydrogens (tertiary/aromatic N) is 2. The number of hydrogen-bond acceptors (Lipinski definition) is 4. The topological polar surface area (TPSA) is 98.1 Å². The Morgan fingerprint density at radius 3 is 1.84 bits per heavy atom. The highest BCUT2D eigenvalue weighted by Crippen LogP contribution is 2.29. The lowest BCUT2D eigenvalue weighted by atomic mass is 10.1. The van der Waals surface area contributed by atoms with Gasteiger partial charge in [-0.05, 0) is 29.8 Å². The van der Waals surface area contributed by atoms with Gasteiger partial charge in [0.05, 0.1) is 11.1 Å². The van der Waals surface area contributed by atoms with Gasteiger partial charge in [-0.25, -0.2) is 14.0 Å². The quantitative estimate of drug-likeness (QED) is 0.545. The molecule has 32 heavy (non-hydrogen) atoms. The van der Waals surface area contributed by atoms with Crippen molar-refractivity contribution in [2.75, 3.05) is 26.2 Å². The van der Waals surface area contributed by atoms with E-state index in [4.69, 9.17) is 19.8 Å². The molecular weight excluding hydrogens is 436 g/mol. The maximum Gasteiger partial charge on any atom is 0.416 e. The molecule has 0 unspecified atom stereocenters. The van der Waals surface area contributed by atoms with E-state index in [1.807, 2.05) is 0 Å². The number of benzene rings is 2. The van der Waals surface area contributed by atoms with E-state index in [1.165, 1.54) is 30.3 Å². The molecule has 0 saturated carbocycles. The summed E-state index contributed by atoms with van der Waals surface area (Å²) in [5.74, 6) is -4.52. The zero-order valence-corrected chi connectivity index (χ0v) is 16.7. The highest BCUT2D eigenvalue weighted by molar-refractivity contribution is 6.27. The molecule has 11 heteroatoms. The number of carbonyl (C=O) groups excluding carboxylic acids is 1. The summed E-state index contributed by atoms with van der Waals surface area (Å²) >= 11 is 0. The zero-order chi connectivity index (χ0) is 23.9. The van der Waals surface area contributed by atoms with Gasteiger partial charge in [-0.1, -0.05) is 24.3 Å². The molecule has 2 aromatic carbocycles. The van der Waals surface area contributed by atoms with E-state index >= 15 is 0 Å². The Bertz CT molecular complexity index is 943. The SMILES string of the molecule is O=C(O)C(=O)O.O=C(c1ccccc1F)N1CCN(Cc2ccc(C(F)(F)F)cc2)CC1. The molecule has 0 spiro atoms. The fourth-order valence-electron chi connectivity index (χ4n) is 2.97. The number of carboxylic acid groups (broad SMARTS) is 2. The molecule has 1 amide bonds. The lowest BCUT2D eigenvalue weighted by Gasteiger charge is -2.34. The van der Waals surface area contributed by atoms with Crippen molar-refractivity contribution < 1.29 is 42.2 Å². The van der Waals surface area contributed by atoms with Crippen LogP contribution in [-0.4, -0.2) is 64.0 Å². The van der Waals surface area contributed by atoms with Gasteiger partial charge in [-0.15, -0.1) is 0 Å². The van der Waals surface area contributed by atoms with Crippen molar-refractivity contribution in [1.29, 1.82) is 0 Å². The lowest BCUT2D eigenvalue weighted by molar-refractivity contribution is -0.159. The molecule has 3 rings (SSSR count). The molecule has 1 aliphatic heterocycles. The second kappa shape index (κ2) is 10.7. The molecule has 0 aliphatic carbocycles. The van der Waals surface area contributed by atoms with Gasteiger partial charge in [-0.2, -0.15) is 13.2 Å². The van der Waals surface area contributed by atoms with Gasteiger partial charge in [-0.3, -0.25) is 9.69 Å². The largest absolute Gasteiger partial charge is 0.473 e. The van der Waals surface area contributed by atoms with Gasteiger partial charge >= 0.3 is 18.1 Å². The summed E-state index contributed by atoms with van der Waals surface area (Å²) in [7, 11) is 0. The van der Waals surface area contributed by atoms with Crippen molar-refractivity contribution in [3.8, 4) is 0 Å². The van der Waals surface area contributed by atoms with Gasteiger partial charge in [0.2, 0.25) is 0 Å². The van der Waals surface area contributed by atoms with E-state index in [9.17, 15) is 22.4 Å². The number of halogens is 4. The van der Waals surface area contributed by atoms with Gasteiger partial charge in [0.15, 0.2) is 0 Å². The van der Waals surface area contributed by atoms with E-state index in [-0.39, 0.29) is 11.5 Å². The summed E-state index contributed by atoms with van der Waals surface area (Å²) in [4.78, 5) is 34.2. The first-order chi connectivity index (χ1) is 15.0. The molecule has 1 aliphatic rings. The number of carboxylic acids is 2. The number of alkyl halides is 3. The predicted octanol–water partition coefficient (Wildman–Crippen LogP) is 2.96. The van der Waals surface area contributed by atoms with Crippen molar-refractivity contribution in [3.05, 3.63) is 71.0 Å². The van der Waals surface area contributed by atoms with Crippen LogP contribution in [0.15, 0.2) is 48.5 Å². The minimum Gasteiger partial charge on any atom is -0.473 e. The summed E-state index contributed by atoms with van der Waals surface area (Å²) in [6, 6.07) is 11.0. The van der Waals surface area contributed by atoms with Crippen LogP contribution in [0.1, 0.15) is 21.5 Å². The van der Waals surface area contributed by atoms with E-state index < -0.39 is 29.5 Å². The molecule has 0 bridgehead atoms. The molecule has 1 saturated heterocycles. The van der Waals surface area contributed by atoms with Crippen LogP contribution in [0.25, 0.3) is 0 Å². The number of amides is 1. The smallest absolute Gasteiger partial charge is 0.416 e. The Kier molecular flexibility index (Phi) is 8.30. The van der Waals surface area contributed by atoms with Crippen molar-refractivity contribution in [1.82, 2.24) is 9.80 Å². The van der Waals surface area contributed by atoms with Crippen LogP contribution in [0, 0.1) is 5.82 Å². The van der Waals surface area contributed by atoms with E-state index in [1.54, 1.807) is 11.0 Å². The third-order valence-corrected chi connectivity index (χ3v) is 4.63. The summed E-state index contributed by atoms with van der Waals surface area (Å²) in [5.41, 5.74) is 0.178. The first-order valence-corrected chi connectivity index (χ1v) is 9.37. The highest BCUT2D eigenvalue weighted by Gasteiger charge is 2.30. The van der Waals surface area contributed by atoms with Crippen molar-refractivity contribution >= 4 is 17.8 Å². The molecule has 2 aromatic rings. The molecule has 2 N–H and O–H groups in total. The zero-order valence-electron chi connectivity index (χ0n) is 16.7. The highest BCUT2D eigenvalue weighted by atomic mass is 19.4. The third kappa shape index (κ3) is 7.05. The molecule has 1 heterocycles. The fraction of sp³-hybridized carbons (Fsp3) is 0.286. The number of hydrogen-bond donors (Lipinski definition) is 2. The van der Waals surface area contributed by atoms with E-state index in [0.29, 0.717) is 32.7 Å². The van der Waals surface area contributed by atoms with E-state index in [0.717, 1.165) is 17.7 Å². The molecule has 0 aromatic heterocycles. The molecule has 0 radical (unpaired) electrons. The van der Waals surface area contributed by atoms with Crippen molar-refractivity contribution in [2.24, 2.45) is 0 Å². The van der Waals surface area contributed by atoms with Crippen molar-refractivity contribution in [3.63, 3.8) is 0 Å². The van der Waals surface area contributed by atoms with Crippen LogP contribution in [0.4, 0.5) is 17.6 Å². The second-order valence-corrected chi connectivity index (χ2v) is 6.85. The molecule has 7 nitrogen and oxygen atoms in total. The van der Waals surface area contributed by atoms with Crippen molar-refractivity contribution in [2.45, 2.75) is 12.7 Å². The van der Waals surface area contributed by atoms with Gasteiger partial charge < -0.3 is 15.1 Å². The second-order valence-electron chi connectivity index (χ2n) is 6.85. The summed E-state index contributed by atoms with van der Waals surface area (Å²) in [5, 5.41) is 14.8. The Morgan fingerprint density at radius 2 is 1.38 bits per heavy atom. The fourth-order valence-corrected chi connectivity index (χ4v) is 2.97. The van der Waals surface area contributed by atoms with Crippen LogP contribution in [0.3, 0.4) is 0 Å². The minimum absolute atomic E-state index is 0.0590. The minimum atomic E-state index is -4.34. The third-order valence-electron chi connectivity index (χ3n) is 4.63. The normalized spacial score (nSPS) is 14.3. The maximum atomic E-state index is 13.7. The number of rotatable bonds is 3. The summed E-state index contributed by atoms with van der Waals surface area (Å²) < 4.78 is 51.5. The number of piperazine rings is 1. The first-order valence-electron chi connectivity index (χ1n) is 9.37. The van der Waals surface area contributed by atoms with Crippen LogP contribution in [-0.2, 0) is 22.3 Å². The van der Waals surface area contributed by atoms with E-state index in [2.05, 4.69) is 4.90 Å². The maximum absolute atomic E-state index is 13.7. The molecular formula is C21H20F4N2O5. The van der Waals surface area contributed by atoms with Gasteiger partial charge in [0.25, 0.3) is 5.91 Å². The van der Waals surface area contributed by atoms with Gasteiger partial charge in [0.1, 0.15) is 5.82 Å². The molecule has 1 fully saturated rings. The van der Waals surface area contributed by atoms with Crippen LogP contribution in [0.5, 0.6) is 0 Å². The van der Waals surface area contributed by atoms with Crippen LogP contribution in [0.2, 0.25) is 0 Å². The Hall–Kier alpha value is -3.47. The Balaban J connectivity index is 0.000000534. The Morgan fingerprint density at radius 1 is 0.844 bits per heavy atom.